The first-order valence-electron chi connectivity index (χ1n) is 10.7. The molecule has 3 aromatic rings. The van der Waals surface area contributed by atoms with E-state index in [0.29, 0.717) is 6.61 Å². The molecule has 2 atom stereocenters. The highest BCUT2D eigenvalue weighted by molar-refractivity contribution is 5.83. The fourth-order valence-corrected chi connectivity index (χ4v) is 3.02. The maximum absolute atomic E-state index is 5.67. The van der Waals surface area contributed by atoms with Crippen molar-refractivity contribution in [2.45, 2.75) is 18.8 Å². The molecule has 0 spiro atoms. The van der Waals surface area contributed by atoms with Crippen molar-refractivity contribution in [1.29, 1.82) is 0 Å². The van der Waals surface area contributed by atoms with Crippen molar-refractivity contribution < 1.29 is 18.9 Å². The van der Waals surface area contributed by atoms with Gasteiger partial charge in [0.15, 0.2) is 0 Å². The maximum Gasteiger partial charge on any atom is 0.202 e. The van der Waals surface area contributed by atoms with Crippen molar-refractivity contribution in [3.63, 3.8) is 0 Å². The molecule has 0 aromatic heterocycles. The first-order valence-corrected chi connectivity index (χ1v) is 10.7. The molecule has 2 unspecified atom stereocenters. The lowest BCUT2D eigenvalue weighted by molar-refractivity contribution is -0.165. The summed E-state index contributed by atoms with van der Waals surface area (Å²) < 4.78 is 21.7. The SMILES string of the molecule is C(=Nc1ccc(N=Cc2ccc(OC3CCO3)cc2)cc1)c1ccc(OCC2CO2)cc1. The van der Waals surface area contributed by atoms with Crippen LogP contribution in [0.25, 0.3) is 0 Å². The minimum atomic E-state index is -0.100. The Balaban J connectivity index is 1.13. The lowest BCUT2D eigenvalue weighted by Gasteiger charge is -2.26. The Morgan fingerprint density at radius 2 is 1.28 bits per heavy atom. The smallest absolute Gasteiger partial charge is 0.202 e. The number of hydrogen-bond acceptors (Lipinski definition) is 6. The van der Waals surface area contributed by atoms with Crippen LogP contribution in [-0.2, 0) is 9.47 Å². The fraction of sp³-hybridized carbons (Fsp3) is 0.231. The zero-order chi connectivity index (χ0) is 21.6. The van der Waals surface area contributed by atoms with E-state index >= 15 is 0 Å². The largest absolute Gasteiger partial charge is 0.491 e. The van der Waals surface area contributed by atoms with Crippen molar-refractivity contribution in [3.05, 3.63) is 83.9 Å². The van der Waals surface area contributed by atoms with E-state index in [1.54, 1.807) is 0 Å². The van der Waals surface area contributed by atoms with Gasteiger partial charge in [0.25, 0.3) is 0 Å². The van der Waals surface area contributed by atoms with Gasteiger partial charge in [0.05, 0.1) is 24.6 Å². The summed E-state index contributed by atoms with van der Waals surface area (Å²) in [5.74, 6) is 1.65. The van der Waals surface area contributed by atoms with E-state index in [1.165, 1.54) is 0 Å². The first kappa shape index (κ1) is 20.4. The van der Waals surface area contributed by atoms with Gasteiger partial charge in [0.2, 0.25) is 6.29 Å². The third kappa shape index (κ3) is 5.81. The van der Waals surface area contributed by atoms with Crippen molar-refractivity contribution in [3.8, 4) is 11.5 Å². The molecular weight excluding hydrogens is 404 g/mol. The van der Waals surface area contributed by atoms with E-state index in [4.69, 9.17) is 18.9 Å². The molecule has 162 valence electrons. The second kappa shape index (κ2) is 9.77. The predicted octanol–water partition coefficient (Wildman–Crippen LogP) is 5.09. The van der Waals surface area contributed by atoms with E-state index < -0.39 is 0 Å². The van der Waals surface area contributed by atoms with Gasteiger partial charge in [0, 0.05) is 18.9 Å². The zero-order valence-corrected chi connectivity index (χ0v) is 17.6. The molecule has 0 bridgehead atoms. The maximum atomic E-state index is 5.67. The van der Waals surface area contributed by atoms with Crippen LogP contribution in [0.1, 0.15) is 17.5 Å². The summed E-state index contributed by atoms with van der Waals surface area (Å²) in [5, 5.41) is 0. The summed E-state index contributed by atoms with van der Waals surface area (Å²) in [4.78, 5) is 9.07. The predicted molar refractivity (Wildman–Crippen MR) is 124 cm³/mol. The Labute approximate surface area is 187 Å². The topological polar surface area (TPSA) is 64.9 Å². The quantitative estimate of drug-likeness (QED) is 0.352. The highest BCUT2D eigenvalue weighted by atomic mass is 16.7. The molecule has 6 nitrogen and oxygen atoms in total. The van der Waals surface area contributed by atoms with Gasteiger partial charge in [-0.15, -0.1) is 0 Å². The summed E-state index contributed by atoms with van der Waals surface area (Å²) in [7, 11) is 0. The van der Waals surface area contributed by atoms with Crippen molar-refractivity contribution in [2.24, 2.45) is 9.98 Å². The summed E-state index contributed by atoms with van der Waals surface area (Å²) in [6.45, 7) is 2.19. The third-order valence-corrected chi connectivity index (χ3v) is 5.10. The Morgan fingerprint density at radius 1 is 0.750 bits per heavy atom. The second-order valence-electron chi connectivity index (χ2n) is 7.64. The molecule has 2 heterocycles. The van der Waals surface area contributed by atoms with Crippen LogP contribution in [0.15, 0.2) is 82.8 Å². The minimum Gasteiger partial charge on any atom is -0.491 e. The Bertz CT molecular complexity index is 1070. The van der Waals surface area contributed by atoms with E-state index in [-0.39, 0.29) is 12.4 Å². The highest BCUT2D eigenvalue weighted by Crippen LogP contribution is 2.21. The lowest BCUT2D eigenvalue weighted by Crippen LogP contribution is -2.32. The van der Waals surface area contributed by atoms with E-state index in [9.17, 15) is 0 Å². The van der Waals surface area contributed by atoms with Crippen molar-refractivity contribution in [1.82, 2.24) is 0 Å². The summed E-state index contributed by atoms with van der Waals surface area (Å²) in [5.41, 5.74) is 3.76. The van der Waals surface area contributed by atoms with Crippen LogP contribution < -0.4 is 9.47 Å². The Kier molecular flexibility index (Phi) is 6.23. The molecule has 0 radical (unpaired) electrons. The number of aliphatic imine (C=N–C) groups is 2. The molecule has 0 amide bonds. The van der Waals surface area contributed by atoms with Gasteiger partial charge < -0.3 is 18.9 Å². The number of nitrogens with zero attached hydrogens (tertiary/aromatic N) is 2. The van der Waals surface area contributed by atoms with E-state index in [0.717, 1.165) is 53.6 Å². The molecule has 0 aliphatic carbocycles. The standard InChI is InChI=1S/C26H24N2O4/c1-9-23(30-17-25-18-31-25)10-2-19(1)15-27-21-5-7-22(8-6-21)28-16-20-3-11-24(12-4-20)32-26-13-14-29-26/h1-12,15-16,25-26H,13-14,17-18H2. The summed E-state index contributed by atoms with van der Waals surface area (Å²) >= 11 is 0. The Morgan fingerprint density at radius 3 is 1.75 bits per heavy atom. The van der Waals surface area contributed by atoms with Gasteiger partial charge in [-0.2, -0.15) is 0 Å². The van der Waals surface area contributed by atoms with Crippen LogP contribution in [0.2, 0.25) is 0 Å². The molecule has 2 fully saturated rings. The minimum absolute atomic E-state index is 0.100. The second-order valence-corrected chi connectivity index (χ2v) is 7.64. The molecule has 0 N–H and O–H groups in total. The van der Waals surface area contributed by atoms with Crippen LogP contribution >= 0.6 is 0 Å². The number of epoxide rings is 1. The normalized spacial score (nSPS) is 19.8. The van der Waals surface area contributed by atoms with Crippen LogP contribution in [-0.4, -0.2) is 44.6 Å². The van der Waals surface area contributed by atoms with Gasteiger partial charge in [-0.25, -0.2) is 0 Å². The Hall–Kier alpha value is -3.48. The molecule has 2 saturated heterocycles. The summed E-state index contributed by atoms with van der Waals surface area (Å²) in [6.07, 6.45) is 4.78. The molecule has 2 aliphatic rings. The number of hydrogen-bond donors (Lipinski definition) is 0. The molecule has 2 aliphatic heterocycles. The van der Waals surface area contributed by atoms with Gasteiger partial charge >= 0.3 is 0 Å². The van der Waals surface area contributed by atoms with Crippen LogP contribution in [0, 0.1) is 0 Å². The van der Waals surface area contributed by atoms with Crippen LogP contribution in [0.4, 0.5) is 11.4 Å². The molecule has 6 heteroatoms. The van der Waals surface area contributed by atoms with Crippen molar-refractivity contribution in [2.75, 3.05) is 19.8 Å². The van der Waals surface area contributed by atoms with Crippen molar-refractivity contribution >= 4 is 23.8 Å². The highest BCUT2D eigenvalue weighted by Gasteiger charge is 2.23. The molecule has 5 rings (SSSR count). The van der Waals surface area contributed by atoms with E-state index in [1.807, 2.05) is 85.2 Å². The number of benzene rings is 3. The molecule has 3 aromatic carbocycles. The number of ether oxygens (including phenoxy) is 4. The molecule has 32 heavy (non-hydrogen) atoms. The van der Waals surface area contributed by atoms with Crippen LogP contribution in [0.3, 0.4) is 0 Å². The average Bonchev–Trinajstić information content (AvgIpc) is 3.64. The first-order chi connectivity index (χ1) is 15.8. The fourth-order valence-electron chi connectivity index (χ4n) is 3.02. The monoisotopic (exact) mass is 428 g/mol. The molecular formula is C26H24N2O4. The lowest BCUT2D eigenvalue weighted by atomic mass is 10.2. The molecule has 0 saturated carbocycles. The van der Waals surface area contributed by atoms with Gasteiger partial charge in [-0.05, 0) is 83.9 Å². The van der Waals surface area contributed by atoms with Gasteiger partial charge in [-0.3, -0.25) is 9.98 Å². The average molecular weight is 428 g/mol. The van der Waals surface area contributed by atoms with Gasteiger partial charge in [-0.1, -0.05) is 0 Å². The van der Waals surface area contributed by atoms with Gasteiger partial charge in [0.1, 0.15) is 24.2 Å². The third-order valence-electron chi connectivity index (χ3n) is 5.10. The van der Waals surface area contributed by atoms with E-state index in [2.05, 4.69) is 9.98 Å². The summed E-state index contributed by atoms with van der Waals surface area (Å²) in [6, 6.07) is 23.5. The van der Waals surface area contributed by atoms with Crippen LogP contribution in [0.5, 0.6) is 11.5 Å². The zero-order valence-electron chi connectivity index (χ0n) is 17.6. The number of rotatable bonds is 9.